The molecule has 0 aromatic heterocycles. The predicted octanol–water partition coefficient (Wildman–Crippen LogP) is 2.97. The Morgan fingerprint density at radius 3 is 2.85 bits per heavy atom. The zero-order chi connectivity index (χ0) is 14.0. The Kier molecular flexibility index (Phi) is 3.99. The normalized spacial score (nSPS) is 24.4. The zero-order valence-electron chi connectivity index (χ0n) is 12.3. The number of aryl methyl sites for hydroxylation is 1. The van der Waals surface area contributed by atoms with Gasteiger partial charge in [0.15, 0.2) is 0 Å². The van der Waals surface area contributed by atoms with E-state index in [0.717, 1.165) is 37.9 Å². The summed E-state index contributed by atoms with van der Waals surface area (Å²) in [4.78, 5) is 0. The highest BCUT2D eigenvalue weighted by Gasteiger charge is 2.32. The van der Waals surface area contributed by atoms with Gasteiger partial charge in [0.2, 0.25) is 0 Å². The maximum Gasteiger partial charge on any atom is 0.119 e. The van der Waals surface area contributed by atoms with Crippen molar-refractivity contribution in [3.63, 3.8) is 0 Å². The van der Waals surface area contributed by atoms with Gasteiger partial charge in [-0.15, -0.1) is 0 Å². The summed E-state index contributed by atoms with van der Waals surface area (Å²) in [5.74, 6) is 0.895. The minimum Gasteiger partial charge on any atom is -0.491 e. The summed E-state index contributed by atoms with van der Waals surface area (Å²) in [7, 11) is 2.02. The van der Waals surface area contributed by atoms with Crippen LogP contribution in [-0.2, 0) is 6.42 Å². The topological polar surface area (TPSA) is 41.5 Å². The number of hydrogen-bond acceptors (Lipinski definition) is 3. The third-order valence-corrected chi connectivity index (χ3v) is 4.82. The molecule has 0 heterocycles. The van der Waals surface area contributed by atoms with E-state index in [0.29, 0.717) is 12.6 Å². The number of rotatable bonds is 4. The predicted molar refractivity (Wildman–Crippen MR) is 80.1 cm³/mol. The van der Waals surface area contributed by atoms with Gasteiger partial charge in [-0.1, -0.05) is 18.9 Å². The fourth-order valence-electron chi connectivity index (χ4n) is 3.56. The molecule has 1 aromatic carbocycles. The second kappa shape index (κ2) is 5.74. The Morgan fingerprint density at radius 1 is 1.30 bits per heavy atom. The van der Waals surface area contributed by atoms with Gasteiger partial charge in [0.1, 0.15) is 12.4 Å². The van der Waals surface area contributed by atoms with Gasteiger partial charge in [-0.2, -0.15) is 0 Å². The van der Waals surface area contributed by atoms with Crippen LogP contribution < -0.4 is 10.1 Å². The fraction of sp³-hybridized carbons (Fsp3) is 0.647. The lowest BCUT2D eigenvalue weighted by Crippen LogP contribution is -2.32. The number of benzene rings is 1. The molecule has 2 aliphatic carbocycles. The first kappa shape index (κ1) is 13.9. The van der Waals surface area contributed by atoms with Gasteiger partial charge in [-0.3, -0.25) is 0 Å². The molecule has 3 heteroatoms. The van der Waals surface area contributed by atoms with Crippen molar-refractivity contribution in [1.82, 2.24) is 5.32 Å². The molecule has 0 amide bonds. The quantitative estimate of drug-likeness (QED) is 0.887. The average molecular weight is 275 g/mol. The van der Waals surface area contributed by atoms with E-state index in [1.165, 1.54) is 24.0 Å². The maximum atomic E-state index is 10.4. The summed E-state index contributed by atoms with van der Waals surface area (Å²) < 4.78 is 5.87. The number of aliphatic hydroxyl groups is 1. The van der Waals surface area contributed by atoms with Crippen LogP contribution in [0.1, 0.15) is 55.7 Å². The number of fused-ring (bicyclic) bond motifs is 1. The van der Waals surface area contributed by atoms with Gasteiger partial charge < -0.3 is 15.2 Å². The highest BCUT2D eigenvalue weighted by atomic mass is 16.5. The third-order valence-electron chi connectivity index (χ3n) is 4.82. The molecule has 110 valence electrons. The minimum absolute atomic E-state index is 0.427. The van der Waals surface area contributed by atoms with Crippen LogP contribution in [0.15, 0.2) is 18.2 Å². The molecule has 1 unspecified atom stereocenters. The van der Waals surface area contributed by atoms with Crippen molar-refractivity contribution >= 4 is 0 Å². The molecule has 0 bridgehead atoms. The molecule has 0 radical (unpaired) electrons. The van der Waals surface area contributed by atoms with Crippen molar-refractivity contribution in [2.45, 2.75) is 56.6 Å². The molecule has 1 atom stereocenters. The van der Waals surface area contributed by atoms with E-state index < -0.39 is 5.60 Å². The number of nitrogens with one attached hydrogen (secondary N) is 1. The van der Waals surface area contributed by atoms with Crippen molar-refractivity contribution in [2.24, 2.45) is 0 Å². The molecule has 0 aliphatic heterocycles. The first-order chi connectivity index (χ1) is 9.70. The van der Waals surface area contributed by atoms with Crippen LogP contribution in [0.2, 0.25) is 0 Å². The summed E-state index contributed by atoms with van der Waals surface area (Å²) in [6, 6.07) is 6.84. The summed E-state index contributed by atoms with van der Waals surface area (Å²) >= 11 is 0. The van der Waals surface area contributed by atoms with Crippen molar-refractivity contribution in [2.75, 3.05) is 13.7 Å². The van der Waals surface area contributed by atoms with Gasteiger partial charge >= 0.3 is 0 Å². The smallest absolute Gasteiger partial charge is 0.119 e. The first-order valence-electron chi connectivity index (χ1n) is 7.85. The summed E-state index contributed by atoms with van der Waals surface area (Å²) in [6.07, 6.45) is 7.58. The van der Waals surface area contributed by atoms with Gasteiger partial charge in [0.25, 0.3) is 0 Å². The van der Waals surface area contributed by atoms with Crippen molar-refractivity contribution in [1.29, 1.82) is 0 Å². The van der Waals surface area contributed by atoms with Crippen LogP contribution in [0.25, 0.3) is 0 Å². The molecule has 0 spiro atoms. The summed E-state index contributed by atoms with van der Waals surface area (Å²) in [5, 5.41) is 13.7. The SMILES string of the molecule is CNC1CCCc2ccc(OCC3(O)CCCC3)cc21. The van der Waals surface area contributed by atoms with Crippen molar-refractivity contribution < 1.29 is 9.84 Å². The van der Waals surface area contributed by atoms with Crippen LogP contribution in [0.4, 0.5) is 0 Å². The first-order valence-corrected chi connectivity index (χ1v) is 7.85. The Hall–Kier alpha value is -1.06. The zero-order valence-corrected chi connectivity index (χ0v) is 12.3. The molecule has 2 N–H and O–H groups in total. The van der Waals surface area contributed by atoms with Gasteiger partial charge in [-0.05, 0) is 62.4 Å². The standard InChI is InChI=1S/C17H25NO2/c1-18-16-6-4-5-13-7-8-14(11-15(13)16)20-12-17(19)9-2-3-10-17/h7-8,11,16,18-19H,2-6,9-10,12H2,1H3. The fourth-order valence-corrected chi connectivity index (χ4v) is 3.56. The van der Waals surface area contributed by atoms with Gasteiger partial charge in [-0.25, -0.2) is 0 Å². The molecule has 3 rings (SSSR count). The number of hydrogen-bond donors (Lipinski definition) is 2. The molecular formula is C17H25NO2. The largest absolute Gasteiger partial charge is 0.491 e. The highest BCUT2D eigenvalue weighted by Crippen LogP contribution is 2.34. The van der Waals surface area contributed by atoms with E-state index >= 15 is 0 Å². The highest BCUT2D eigenvalue weighted by molar-refractivity contribution is 5.39. The van der Waals surface area contributed by atoms with Crippen LogP contribution in [0.5, 0.6) is 5.75 Å². The molecule has 2 aliphatic rings. The van der Waals surface area contributed by atoms with Crippen LogP contribution >= 0.6 is 0 Å². The molecule has 1 fully saturated rings. The molecule has 0 saturated heterocycles. The Bertz CT molecular complexity index is 466. The van der Waals surface area contributed by atoms with E-state index in [9.17, 15) is 5.11 Å². The number of ether oxygens (including phenoxy) is 1. The van der Waals surface area contributed by atoms with Crippen molar-refractivity contribution in [3.8, 4) is 5.75 Å². The van der Waals surface area contributed by atoms with Crippen LogP contribution in [0, 0.1) is 0 Å². The molecule has 1 saturated carbocycles. The second-order valence-corrected chi connectivity index (χ2v) is 6.31. The summed E-state index contributed by atoms with van der Waals surface area (Å²) in [5.41, 5.74) is 2.20. The van der Waals surface area contributed by atoms with E-state index in [1.807, 2.05) is 7.05 Å². The maximum absolute atomic E-state index is 10.4. The van der Waals surface area contributed by atoms with Crippen LogP contribution in [-0.4, -0.2) is 24.4 Å². The lowest BCUT2D eigenvalue weighted by molar-refractivity contribution is 0.00136. The van der Waals surface area contributed by atoms with Crippen LogP contribution in [0.3, 0.4) is 0 Å². The molecule has 3 nitrogen and oxygen atoms in total. The van der Waals surface area contributed by atoms with E-state index in [2.05, 4.69) is 23.5 Å². The molecular weight excluding hydrogens is 250 g/mol. The monoisotopic (exact) mass is 275 g/mol. The second-order valence-electron chi connectivity index (χ2n) is 6.31. The Morgan fingerprint density at radius 2 is 2.10 bits per heavy atom. The van der Waals surface area contributed by atoms with E-state index in [-0.39, 0.29) is 0 Å². The lowest BCUT2D eigenvalue weighted by Gasteiger charge is -2.27. The minimum atomic E-state index is -0.599. The van der Waals surface area contributed by atoms with Gasteiger partial charge in [0, 0.05) is 6.04 Å². The van der Waals surface area contributed by atoms with E-state index in [4.69, 9.17) is 4.74 Å². The average Bonchev–Trinajstić information content (AvgIpc) is 2.91. The Labute approximate surface area is 121 Å². The van der Waals surface area contributed by atoms with Gasteiger partial charge in [0.05, 0.1) is 5.60 Å². The van der Waals surface area contributed by atoms with E-state index in [1.54, 1.807) is 0 Å². The van der Waals surface area contributed by atoms with Crippen molar-refractivity contribution in [3.05, 3.63) is 29.3 Å². The molecule has 1 aromatic rings. The lowest BCUT2D eigenvalue weighted by atomic mass is 9.87. The Balaban J connectivity index is 1.71. The third kappa shape index (κ3) is 2.84. The summed E-state index contributed by atoms with van der Waals surface area (Å²) in [6.45, 7) is 0.427. The molecule has 20 heavy (non-hydrogen) atoms.